The Labute approximate surface area is 216 Å². The van der Waals surface area contributed by atoms with Gasteiger partial charge in [-0.3, -0.25) is 14.4 Å². The molecule has 0 spiro atoms. The summed E-state index contributed by atoms with van der Waals surface area (Å²) in [7, 11) is 0. The molecule has 0 aromatic rings. The number of hydrogen-bond donors (Lipinski definition) is 2. The first-order valence-corrected chi connectivity index (χ1v) is 13.0. The Morgan fingerprint density at radius 3 is 2.43 bits per heavy atom. The molecule has 9 nitrogen and oxygen atoms in total. The van der Waals surface area contributed by atoms with Crippen LogP contribution < -0.4 is 0 Å². The maximum absolute atomic E-state index is 13.8. The molecular weight excluding hydrogens is 480 g/mol. The number of ether oxygens (including phenoxy) is 3. The minimum absolute atomic E-state index is 0.0498. The fourth-order valence-electron chi connectivity index (χ4n) is 8.91. The standard InChI is InChI=1S/C28H36O9/c1-14(31)35-16-11-26(3,24-15(12-29)8-21(33)37-24)18-10-22(34)36-20-9-17-25(2,13-30)7-6-19(32)27(17,4)23(16)28(18,20)5/h6-7,10,15-17,20,23-24,29-30H,8-9,11-13H2,1-5H3/t15-,16-,17+,20-,23-,24+,25+,26-,27-,28-/m1/s1. The number of cyclic esters (lactones) is 1. The van der Waals surface area contributed by atoms with Gasteiger partial charge in [0.25, 0.3) is 0 Å². The van der Waals surface area contributed by atoms with E-state index in [2.05, 4.69) is 0 Å². The summed E-state index contributed by atoms with van der Waals surface area (Å²) in [6, 6.07) is 0. The Hall–Kier alpha value is -2.52. The number of aliphatic hydroxyl groups is 2. The minimum atomic E-state index is -1.04. The summed E-state index contributed by atoms with van der Waals surface area (Å²) in [5, 5.41) is 20.5. The molecule has 37 heavy (non-hydrogen) atoms. The molecule has 2 heterocycles. The van der Waals surface area contributed by atoms with Gasteiger partial charge in [0.1, 0.15) is 18.3 Å². The molecule has 3 aliphatic carbocycles. The molecule has 0 unspecified atom stereocenters. The van der Waals surface area contributed by atoms with Crippen molar-refractivity contribution in [3.8, 4) is 0 Å². The lowest BCUT2D eigenvalue weighted by atomic mass is 9.36. The van der Waals surface area contributed by atoms with Gasteiger partial charge in [0, 0.05) is 46.5 Å². The number of carbonyl (C=O) groups excluding carboxylic acids is 4. The molecule has 0 aromatic carbocycles. The SMILES string of the molecule is CC(=O)O[C@@H]1C[C@@](C)([C@H]2OC(=O)C[C@@H]2CO)C2=CC(=O)O[C@@H]3C[C@@H]4[C@](C)(C(=O)C=C[C@@]4(C)CO)[C@@H]1[C@]23C. The highest BCUT2D eigenvalue weighted by molar-refractivity contribution is 5.97. The van der Waals surface area contributed by atoms with Gasteiger partial charge in [-0.15, -0.1) is 0 Å². The summed E-state index contributed by atoms with van der Waals surface area (Å²) in [6.07, 6.45) is 3.12. The van der Waals surface area contributed by atoms with Crippen molar-refractivity contribution < 1.29 is 43.6 Å². The van der Waals surface area contributed by atoms with E-state index in [1.807, 2.05) is 27.7 Å². The summed E-state index contributed by atoms with van der Waals surface area (Å²) < 4.78 is 17.7. The van der Waals surface area contributed by atoms with Crippen LogP contribution in [0.25, 0.3) is 0 Å². The topological polar surface area (TPSA) is 136 Å². The van der Waals surface area contributed by atoms with E-state index < -0.39 is 69.7 Å². The minimum Gasteiger partial charge on any atom is -0.462 e. The van der Waals surface area contributed by atoms with Crippen LogP contribution in [-0.2, 0) is 33.4 Å². The predicted molar refractivity (Wildman–Crippen MR) is 128 cm³/mol. The molecule has 2 N–H and O–H groups in total. The zero-order valence-corrected chi connectivity index (χ0v) is 22.0. The zero-order chi connectivity index (χ0) is 27.1. The van der Waals surface area contributed by atoms with Crippen LogP contribution in [0.2, 0.25) is 0 Å². The van der Waals surface area contributed by atoms with E-state index >= 15 is 0 Å². The highest BCUT2D eigenvalue weighted by Crippen LogP contribution is 2.71. The van der Waals surface area contributed by atoms with Gasteiger partial charge < -0.3 is 24.4 Å². The Kier molecular flexibility index (Phi) is 5.81. The maximum atomic E-state index is 13.8. The van der Waals surface area contributed by atoms with Gasteiger partial charge in [0.05, 0.1) is 19.6 Å². The molecule has 2 saturated carbocycles. The van der Waals surface area contributed by atoms with Crippen LogP contribution in [0, 0.1) is 39.4 Å². The second-order valence-electron chi connectivity index (χ2n) is 12.5. The van der Waals surface area contributed by atoms with E-state index in [0.717, 1.165) is 0 Å². The molecule has 5 aliphatic rings. The third-order valence-corrected chi connectivity index (χ3v) is 10.4. The number of ketones is 1. The average molecular weight is 517 g/mol. The molecule has 0 aromatic heterocycles. The first-order chi connectivity index (χ1) is 17.3. The van der Waals surface area contributed by atoms with Crippen LogP contribution in [0.15, 0.2) is 23.8 Å². The van der Waals surface area contributed by atoms with E-state index in [1.54, 1.807) is 6.08 Å². The van der Waals surface area contributed by atoms with Crippen molar-refractivity contribution in [2.45, 2.75) is 72.2 Å². The van der Waals surface area contributed by atoms with E-state index in [4.69, 9.17) is 14.2 Å². The second kappa shape index (κ2) is 8.24. The Morgan fingerprint density at radius 2 is 1.81 bits per heavy atom. The molecule has 1 saturated heterocycles. The van der Waals surface area contributed by atoms with Crippen molar-refractivity contribution >= 4 is 23.7 Å². The number of hydrogen-bond acceptors (Lipinski definition) is 9. The highest BCUT2D eigenvalue weighted by Gasteiger charge is 2.74. The molecule has 10 atom stereocenters. The predicted octanol–water partition coefficient (Wildman–Crippen LogP) is 1.89. The van der Waals surface area contributed by atoms with E-state index in [1.165, 1.54) is 19.1 Å². The molecule has 202 valence electrons. The lowest BCUT2D eigenvalue weighted by Gasteiger charge is -2.68. The lowest BCUT2D eigenvalue weighted by molar-refractivity contribution is -0.232. The smallest absolute Gasteiger partial charge is 0.331 e. The molecule has 0 radical (unpaired) electrons. The Bertz CT molecular complexity index is 1120. The zero-order valence-electron chi connectivity index (χ0n) is 22.0. The van der Waals surface area contributed by atoms with Gasteiger partial charge >= 0.3 is 17.9 Å². The number of rotatable bonds is 4. The van der Waals surface area contributed by atoms with Crippen molar-refractivity contribution in [1.29, 1.82) is 0 Å². The molecule has 5 rings (SSSR count). The van der Waals surface area contributed by atoms with Gasteiger partial charge in [-0.25, -0.2) is 4.79 Å². The first-order valence-electron chi connectivity index (χ1n) is 13.0. The fourth-order valence-corrected chi connectivity index (χ4v) is 8.91. The van der Waals surface area contributed by atoms with E-state index in [-0.39, 0.29) is 37.8 Å². The molecule has 2 aliphatic heterocycles. The van der Waals surface area contributed by atoms with Crippen molar-refractivity contribution in [3.63, 3.8) is 0 Å². The normalized spacial score (nSPS) is 48.4. The van der Waals surface area contributed by atoms with Crippen molar-refractivity contribution in [2.75, 3.05) is 13.2 Å². The number of carbonyl (C=O) groups is 4. The lowest BCUT2D eigenvalue weighted by Crippen LogP contribution is -2.72. The maximum Gasteiger partial charge on any atom is 0.331 e. The summed E-state index contributed by atoms with van der Waals surface area (Å²) in [6.45, 7) is 8.44. The van der Waals surface area contributed by atoms with Crippen molar-refractivity contribution in [2.24, 2.45) is 39.4 Å². The molecular formula is C28H36O9. The highest BCUT2D eigenvalue weighted by atomic mass is 16.6. The third-order valence-electron chi connectivity index (χ3n) is 10.4. The van der Waals surface area contributed by atoms with Gasteiger partial charge in [-0.05, 0) is 30.4 Å². The number of aliphatic hydroxyl groups excluding tert-OH is 2. The number of allylic oxidation sites excluding steroid dienone is 1. The second-order valence-corrected chi connectivity index (χ2v) is 12.5. The molecule has 0 amide bonds. The van der Waals surface area contributed by atoms with Crippen molar-refractivity contribution in [1.82, 2.24) is 0 Å². The fraction of sp³-hybridized carbons (Fsp3) is 0.714. The van der Waals surface area contributed by atoms with Gasteiger partial charge in [0.2, 0.25) is 0 Å². The number of esters is 3. The summed E-state index contributed by atoms with van der Waals surface area (Å²) in [4.78, 5) is 51.6. The largest absolute Gasteiger partial charge is 0.462 e. The van der Waals surface area contributed by atoms with Crippen molar-refractivity contribution in [3.05, 3.63) is 23.8 Å². The first kappa shape index (κ1) is 26.1. The Balaban J connectivity index is 1.75. The van der Waals surface area contributed by atoms with Gasteiger partial charge in [-0.2, -0.15) is 0 Å². The average Bonchev–Trinajstić information content (AvgIpc) is 3.21. The van der Waals surface area contributed by atoms with Crippen LogP contribution in [0.3, 0.4) is 0 Å². The van der Waals surface area contributed by atoms with E-state index in [0.29, 0.717) is 12.0 Å². The quantitative estimate of drug-likeness (QED) is 0.424. The molecule has 3 fully saturated rings. The van der Waals surface area contributed by atoms with Crippen LogP contribution in [0.1, 0.15) is 53.9 Å². The summed E-state index contributed by atoms with van der Waals surface area (Å²) in [5.74, 6) is -3.03. The molecule has 0 bridgehead atoms. The van der Waals surface area contributed by atoms with Gasteiger partial charge in [0.15, 0.2) is 5.78 Å². The number of fused-ring (bicyclic) bond motifs is 2. The van der Waals surface area contributed by atoms with Crippen LogP contribution in [-0.4, -0.2) is 65.4 Å². The van der Waals surface area contributed by atoms with Crippen LogP contribution in [0.5, 0.6) is 0 Å². The Morgan fingerprint density at radius 1 is 1.11 bits per heavy atom. The van der Waals surface area contributed by atoms with E-state index in [9.17, 15) is 29.4 Å². The summed E-state index contributed by atoms with van der Waals surface area (Å²) in [5.41, 5.74) is -2.98. The van der Waals surface area contributed by atoms with Crippen LogP contribution >= 0.6 is 0 Å². The van der Waals surface area contributed by atoms with Crippen LogP contribution in [0.4, 0.5) is 0 Å². The van der Waals surface area contributed by atoms with Gasteiger partial charge in [-0.1, -0.05) is 33.8 Å². The summed E-state index contributed by atoms with van der Waals surface area (Å²) >= 11 is 0. The third kappa shape index (κ3) is 3.35. The monoisotopic (exact) mass is 516 g/mol. The molecule has 9 heteroatoms.